The molecule has 0 bridgehead atoms. The van der Waals surface area contributed by atoms with Crippen LogP contribution in [0.3, 0.4) is 0 Å². The number of esters is 1. The van der Waals surface area contributed by atoms with Crippen LogP contribution < -0.4 is 10.2 Å². The van der Waals surface area contributed by atoms with Crippen LogP contribution >= 0.6 is 0 Å². The van der Waals surface area contributed by atoms with Gasteiger partial charge in [-0.05, 0) is 55.6 Å². The van der Waals surface area contributed by atoms with Gasteiger partial charge in [-0.2, -0.15) is 0 Å². The normalized spacial score (nSPS) is 15.2. The molecule has 0 radical (unpaired) electrons. The molecule has 0 aliphatic carbocycles. The number of hydrogen-bond donors (Lipinski definition) is 0. The third kappa shape index (κ3) is 4.71. The molecule has 6 nitrogen and oxygen atoms in total. The van der Waals surface area contributed by atoms with Crippen molar-refractivity contribution in [2.24, 2.45) is 5.92 Å². The zero-order valence-electron chi connectivity index (χ0n) is 17.0. The van der Waals surface area contributed by atoms with Crippen molar-refractivity contribution in [3.05, 3.63) is 76.1 Å². The van der Waals surface area contributed by atoms with E-state index in [2.05, 4.69) is 29.2 Å². The maximum Gasteiger partial charge on any atom is 0.374 e. The zero-order valence-corrected chi connectivity index (χ0v) is 17.0. The second-order valence-corrected chi connectivity index (χ2v) is 7.64. The molecule has 1 aliphatic heterocycles. The van der Waals surface area contributed by atoms with Gasteiger partial charge in [0.1, 0.15) is 11.3 Å². The average molecular weight is 407 g/mol. The smallest absolute Gasteiger partial charge is 0.374 e. The first-order valence-electron chi connectivity index (χ1n) is 10.2. The number of carbonyl (C=O) groups excluding carboxylic acids is 1. The lowest BCUT2D eigenvalue weighted by Crippen LogP contribution is -2.35. The van der Waals surface area contributed by atoms with E-state index in [4.69, 9.17) is 13.9 Å². The maximum atomic E-state index is 12.4. The second kappa shape index (κ2) is 9.13. The lowest BCUT2D eigenvalue weighted by molar-refractivity contribution is 0.0336. The first-order valence-corrected chi connectivity index (χ1v) is 10.2. The summed E-state index contributed by atoms with van der Waals surface area (Å²) < 4.78 is 16.2. The Morgan fingerprint density at radius 3 is 2.60 bits per heavy atom. The van der Waals surface area contributed by atoms with Gasteiger partial charge in [-0.25, -0.2) is 4.79 Å². The Morgan fingerprint density at radius 2 is 1.87 bits per heavy atom. The summed E-state index contributed by atoms with van der Waals surface area (Å²) in [4.78, 5) is 27.2. The van der Waals surface area contributed by atoms with Gasteiger partial charge in [0.25, 0.3) is 0 Å². The fourth-order valence-corrected chi connectivity index (χ4v) is 3.78. The molecule has 0 amide bonds. The number of methoxy groups -OCH3 is 1. The van der Waals surface area contributed by atoms with Crippen molar-refractivity contribution >= 4 is 16.9 Å². The van der Waals surface area contributed by atoms with Crippen LogP contribution in [-0.4, -0.2) is 37.7 Å². The van der Waals surface area contributed by atoms with Crippen LogP contribution in [0.25, 0.3) is 11.0 Å². The number of carbonyl (C=O) groups is 1. The zero-order chi connectivity index (χ0) is 20.9. The molecule has 1 fully saturated rings. The van der Waals surface area contributed by atoms with Crippen molar-refractivity contribution in [3.8, 4) is 5.75 Å². The van der Waals surface area contributed by atoms with E-state index in [9.17, 15) is 9.59 Å². The Hall–Kier alpha value is -3.12. The van der Waals surface area contributed by atoms with Crippen molar-refractivity contribution in [3.63, 3.8) is 0 Å². The fraction of sp³-hybridized carbons (Fsp3) is 0.333. The third-order valence-corrected chi connectivity index (χ3v) is 5.54. The van der Waals surface area contributed by atoms with Crippen molar-refractivity contribution in [2.45, 2.75) is 19.4 Å². The molecule has 1 aromatic heterocycles. The maximum absolute atomic E-state index is 12.4. The van der Waals surface area contributed by atoms with Gasteiger partial charge in [0.15, 0.2) is 5.43 Å². The topological polar surface area (TPSA) is 69.0 Å². The minimum atomic E-state index is -0.600. The average Bonchev–Trinajstić information content (AvgIpc) is 2.79. The van der Waals surface area contributed by atoms with E-state index < -0.39 is 5.97 Å². The number of likely N-dealkylation sites (tertiary alicyclic amines) is 1. The monoisotopic (exact) mass is 407 g/mol. The van der Waals surface area contributed by atoms with Crippen molar-refractivity contribution in [1.29, 1.82) is 0 Å². The van der Waals surface area contributed by atoms with Crippen LogP contribution in [0.2, 0.25) is 0 Å². The van der Waals surface area contributed by atoms with Gasteiger partial charge in [0.2, 0.25) is 5.76 Å². The molecule has 1 saturated heterocycles. The Bertz CT molecular complexity index is 1070. The van der Waals surface area contributed by atoms with Gasteiger partial charge in [-0.3, -0.25) is 9.69 Å². The lowest BCUT2D eigenvalue weighted by Gasteiger charge is -2.31. The number of benzene rings is 2. The molecule has 2 aromatic carbocycles. The van der Waals surface area contributed by atoms with E-state index >= 15 is 0 Å². The molecular formula is C24H25NO5. The van der Waals surface area contributed by atoms with E-state index in [0.29, 0.717) is 29.2 Å². The third-order valence-electron chi connectivity index (χ3n) is 5.54. The highest BCUT2D eigenvalue weighted by Gasteiger charge is 2.22. The predicted molar refractivity (Wildman–Crippen MR) is 114 cm³/mol. The summed E-state index contributed by atoms with van der Waals surface area (Å²) in [7, 11) is 1.53. The molecule has 4 rings (SSSR count). The Balaban J connectivity index is 1.31. The first kappa shape index (κ1) is 20.2. The van der Waals surface area contributed by atoms with Gasteiger partial charge >= 0.3 is 5.97 Å². The SMILES string of the molecule is COc1ccc2oc(C(=O)OCC3CCN(Cc4ccccc4)CC3)cc(=O)c2c1. The van der Waals surface area contributed by atoms with Crippen molar-refractivity contribution in [2.75, 3.05) is 26.8 Å². The number of fused-ring (bicyclic) bond motifs is 1. The summed E-state index contributed by atoms with van der Waals surface area (Å²) >= 11 is 0. The van der Waals surface area contributed by atoms with E-state index in [1.165, 1.54) is 18.7 Å². The van der Waals surface area contributed by atoms with Crippen LogP contribution in [0.1, 0.15) is 29.0 Å². The summed E-state index contributed by atoms with van der Waals surface area (Å²) in [5, 5.41) is 0.372. The predicted octanol–water partition coefficient (Wildman–Crippen LogP) is 3.87. The number of hydrogen-bond acceptors (Lipinski definition) is 6. The molecule has 0 atom stereocenters. The molecule has 0 spiro atoms. The van der Waals surface area contributed by atoms with E-state index in [0.717, 1.165) is 32.5 Å². The highest BCUT2D eigenvalue weighted by Crippen LogP contribution is 2.21. The van der Waals surface area contributed by atoms with Gasteiger partial charge in [0, 0.05) is 12.6 Å². The summed E-state index contributed by atoms with van der Waals surface area (Å²) in [5.41, 5.74) is 1.35. The summed E-state index contributed by atoms with van der Waals surface area (Å²) in [6.07, 6.45) is 1.95. The van der Waals surface area contributed by atoms with Crippen molar-refractivity contribution in [1.82, 2.24) is 4.90 Å². The van der Waals surface area contributed by atoms with Gasteiger partial charge in [-0.1, -0.05) is 30.3 Å². The molecule has 3 aromatic rings. The molecule has 6 heteroatoms. The lowest BCUT2D eigenvalue weighted by atomic mass is 9.97. The molecule has 0 saturated carbocycles. The molecule has 2 heterocycles. The number of piperidine rings is 1. The van der Waals surface area contributed by atoms with E-state index in [1.54, 1.807) is 18.2 Å². The van der Waals surface area contributed by atoms with E-state index in [-0.39, 0.29) is 11.2 Å². The molecule has 0 unspecified atom stereocenters. The van der Waals surface area contributed by atoms with Crippen LogP contribution in [-0.2, 0) is 11.3 Å². The van der Waals surface area contributed by atoms with Crippen LogP contribution in [0, 0.1) is 5.92 Å². The number of ether oxygens (including phenoxy) is 2. The standard InChI is InChI=1S/C24H25NO5/c1-28-19-7-8-22-20(13-19)21(26)14-23(30-22)24(27)29-16-18-9-11-25(12-10-18)15-17-5-3-2-4-6-17/h2-8,13-14,18H,9-12,15-16H2,1H3. The first-order chi connectivity index (χ1) is 14.6. The number of nitrogens with zero attached hydrogens (tertiary/aromatic N) is 1. The summed E-state index contributed by atoms with van der Waals surface area (Å²) in [6, 6.07) is 16.5. The Labute approximate surface area is 175 Å². The minimum absolute atomic E-state index is 0.0702. The minimum Gasteiger partial charge on any atom is -0.497 e. The Morgan fingerprint density at radius 1 is 1.10 bits per heavy atom. The molecule has 156 valence electrons. The molecule has 30 heavy (non-hydrogen) atoms. The molecular weight excluding hydrogens is 382 g/mol. The highest BCUT2D eigenvalue weighted by atomic mass is 16.5. The van der Waals surface area contributed by atoms with E-state index in [1.807, 2.05) is 6.07 Å². The van der Waals surface area contributed by atoms with Gasteiger partial charge in [-0.15, -0.1) is 0 Å². The second-order valence-electron chi connectivity index (χ2n) is 7.64. The molecule has 0 N–H and O–H groups in total. The fourth-order valence-electron chi connectivity index (χ4n) is 3.78. The highest BCUT2D eigenvalue weighted by molar-refractivity contribution is 5.89. The summed E-state index contributed by atoms with van der Waals surface area (Å²) in [5.74, 6) is 0.205. The quantitative estimate of drug-likeness (QED) is 0.578. The van der Waals surface area contributed by atoms with Gasteiger partial charge in [0.05, 0.1) is 19.1 Å². The van der Waals surface area contributed by atoms with Crippen LogP contribution in [0.15, 0.2) is 63.8 Å². The van der Waals surface area contributed by atoms with Crippen LogP contribution in [0.4, 0.5) is 0 Å². The Kier molecular flexibility index (Phi) is 6.14. The number of rotatable bonds is 6. The van der Waals surface area contributed by atoms with Gasteiger partial charge < -0.3 is 13.9 Å². The molecule has 1 aliphatic rings. The largest absolute Gasteiger partial charge is 0.497 e. The summed E-state index contributed by atoms with van der Waals surface area (Å²) in [6.45, 7) is 3.23. The van der Waals surface area contributed by atoms with Crippen molar-refractivity contribution < 1.29 is 18.7 Å². The van der Waals surface area contributed by atoms with Crippen LogP contribution in [0.5, 0.6) is 5.75 Å².